The molecule has 0 radical (unpaired) electrons. The maximum atomic E-state index is 12.9. The largest absolute Gasteiger partial charge is 0.480 e. The summed E-state index contributed by atoms with van der Waals surface area (Å²) in [6.45, 7) is 0. The summed E-state index contributed by atoms with van der Waals surface area (Å²) in [5.41, 5.74) is 0. The first kappa shape index (κ1) is 15.9. The predicted octanol–water partition coefficient (Wildman–Crippen LogP) is 2.25. The van der Waals surface area contributed by atoms with Gasteiger partial charge in [0, 0.05) is 16.7 Å². The number of nitrogens with zero attached hydrogens (tertiary/aromatic N) is 2. The summed E-state index contributed by atoms with van der Waals surface area (Å²) < 4.78 is 27.7. The van der Waals surface area contributed by atoms with E-state index in [0.717, 1.165) is 25.7 Å². The number of aromatic nitrogens is 1. The SMILES string of the molecule is O=C(O)C1CC2CCCCC2N1S(=O)(=O)c1ccc(Br)cn1. The molecule has 0 spiro atoms. The zero-order valence-corrected chi connectivity index (χ0v) is 14.3. The molecule has 3 rings (SSSR count). The van der Waals surface area contributed by atoms with E-state index in [9.17, 15) is 18.3 Å². The molecule has 2 heterocycles. The van der Waals surface area contributed by atoms with Crippen molar-refractivity contribution in [2.75, 3.05) is 0 Å². The maximum absolute atomic E-state index is 12.9. The number of hydrogen-bond donors (Lipinski definition) is 1. The summed E-state index contributed by atoms with van der Waals surface area (Å²) in [5.74, 6) is -0.935. The molecule has 3 atom stereocenters. The lowest BCUT2D eigenvalue weighted by Gasteiger charge is -2.31. The quantitative estimate of drug-likeness (QED) is 0.857. The third-order valence-corrected chi connectivity index (χ3v) is 6.88. The molecule has 8 heteroatoms. The van der Waals surface area contributed by atoms with Gasteiger partial charge >= 0.3 is 5.97 Å². The van der Waals surface area contributed by atoms with E-state index in [0.29, 0.717) is 10.9 Å². The van der Waals surface area contributed by atoms with Crippen LogP contribution in [0, 0.1) is 5.92 Å². The number of carbonyl (C=O) groups is 1. The molecule has 22 heavy (non-hydrogen) atoms. The molecule has 120 valence electrons. The van der Waals surface area contributed by atoms with Crippen LogP contribution >= 0.6 is 15.9 Å². The maximum Gasteiger partial charge on any atom is 0.322 e. The van der Waals surface area contributed by atoms with Crippen LogP contribution in [0.1, 0.15) is 32.1 Å². The zero-order valence-electron chi connectivity index (χ0n) is 11.9. The second-order valence-electron chi connectivity index (χ2n) is 5.85. The van der Waals surface area contributed by atoms with E-state index in [1.54, 1.807) is 6.07 Å². The molecule has 0 bridgehead atoms. The Labute approximate surface area is 137 Å². The van der Waals surface area contributed by atoms with Crippen molar-refractivity contribution >= 4 is 31.9 Å². The molecule has 2 fully saturated rings. The fourth-order valence-electron chi connectivity index (χ4n) is 3.60. The van der Waals surface area contributed by atoms with Crippen molar-refractivity contribution in [3.63, 3.8) is 0 Å². The first-order chi connectivity index (χ1) is 10.4. The van der Waals surface area contributed by atoms with Crippen LogP contribution in [0.3, 0.4) is 0 Å². The lowest BCUT2D eigenvalue weighted by molar-refractivity contribution is -0.141. The molecule has 1 saturated heterocycles. The summed E-state index contributed by atoms with van der Waals surface area (Å²) in [6.07, 6.45) is 5.41. The average Bonchev–Trinajstić information content (AvgIpc) is 2.88. The molecule has 1 N–H and O–H groups in total. The Morgan fingerprint density at radius 3 is 2.68 bits per heavy atom. The van der Waals surface area contributed by atoms with Gasteiger partial charge in [0.1, 0.15) is 6.04 Å². The fourth-order valence-corrected chi connectivity index (χ4v) is 5.62. The van der Waals surface area contributed by atoms with Crippen LogP contribution in [0.25, 0.3) is 0 Å². The second kappa shape index (κ2) is 5.90. The van der Waals surface area contributed by atoms with Crippen molar-refractivity contribution in [2.45, 2.75) is 49.2 Å². The number of halogens is 1. The molecule has 1 aliphatic heterocycles. The van der Waals surface area contributed by atoms with Crippen LogP contribution in [0.2, 0.25) is 0 Å². The highest BCUT2D eigenvalue weighted by Gasteiger charge is 2.51. The highest BCUT2D eigenvalue weighted by Crippen LogP contribution is 2.42. The molecule has 1 aromatic heterocycles. The van der Waals surface area contributed by atoms with Gasteiger partial charge in [0.2, 0.25) is 0 Å². The number of carboxylic acids is 1. The molecule has 1 saturated carbocycles. The third-order valence-electron chi connectivity index (χ3n) is 4.56. The number of aliphatic carboxylic acids is 1. The topological polar surface area (TPSA) is 87.6 Å². The molecule has 2 aliphatic rings. The monoisotopic (exact) mass is 388 g/mol. The van der Waals surface area contributed by atoms with E-state index in [4.69, 9.17) is 0 Å². The van der Waals surface area contributed by atoms with Gasteiger partial charge in [-0.1, -0.05) is 12.8 Å². The van der Waals surface area contributed by atoms with Gasteiger partial charge < -0.3 is 5.11 Å². The number of carboxylic acid groups (broad SMARTS) is 1. The summed E-state index contributed by atoms with van der Waals surface area (Å²) >= 11 is 3.22. The molecule has 1 aromatic rings. The highest BCUT2D eigenvalue weighted by molar-refractivity contribution is 9.10. The third kappa shape index (κ3) is 2.68. The highest BCUT2D eigenvalue weighted by atomic mass is 79.9. The van der Waals surface area contributed by atoms with Crippen LogP contribution in [0.15, 0.2) is 27.8 Å². The molecule has 1 aliphatic carbocycles. The van der Waals surface area contributed by atoms with Gasteiger partial charge in [-0.05, 0) is 53.2 Å². The first-order valence-corrected chi connectivity index (χ1v) is 9.52. The molecular formula is C14H17BrN2O4S. The van der Waals surface area contributed by atoms with E-state index in [1.807, 2.05) is 0 Å². The molecule has 3 unspecified atom stereocenters. The van der Waals surface area contributed by atoms with E-state index in [-0.39, 0.29) is 17.0 Å². The minimum absolute atomic E-state index is 0.0897. The Balaban J connectivity index is 2.01. The summed E-state index contributed by atoms with van der Waals surface area (Å²) in [4.78, 5) is 15.5. The molecular weight excluding hydrogens is 372 g/mol. The Kier molecular flexibility index (Phi) is 4.26. The van der Waals surface area contributed by atoms with Crippen molar-refractivity contribution in [1.82, 2.24) is 9.29 Å². The van der Waals surface area contributed by atoms with Gasteiger partial charge in [0.15, 0.2) is 5.03 Å². The Bertz CT molecular complexity index is 677. The number of hydrogen-bond acceptors (Lipinski definition) is 4. The smallest absolute Gasteiger partial charge is 0.322 e. The van der Waals surface area contributed by atoms with Gasteiger partial charge in [-0.25, -0.2) is 13.4 Å². The van der Waals surface area contributed by atoms with E-state index in [1.165, 1.54) is 16.6 Å². The van der Waals surface area contributed by atoms with Gasteiger partial charge in [-0.3, -0.25) is 4.79 Å². The fraction of sp³-hybridized carbons (Fsp3) is 0.571. The first-order valence-electron chi connectivity index (χ1n) is 7.29. The number of fused-ring (bicyclic) bond motifs is 1. The molecule has 6 nitrogen and oxygen atoms in total. The zero-order chi connectivity index (χ0) is 15.9. The standard InChI is InChI=1S/C14H17BrN2O4S/c15-10-5-6-13(16-8-10)22(20,21)17-11-4-2-1-3-9(11)7-12(17)14(18)19/h5-6,8-9,11-12H,1-4,7H2,(H,18,19). The summed E-state index contributed by atoms with van der Waals surface area (Å²) in [5, 5.41) is 9.36. The second-order valence-corrected chi connectivity index (χ2v) is 8.56. The van der Waals surface area contributed by atoms with Gasteiger partial charge in [0.05, 0.1) is 0 Å². The van der Waals surface area contributed by atoms with E-state index in [2.05, 4.69) is 20.9 Å². The average molecular weight is 389 g/mol. The normalized spacial score (nSPS) is 29.2. The van der Waals surface area contributed by atoms with Crippen molar-refractivity contribution in [3.05, 3.63) is 22.8 Å². The van der Waals surface area contributed by atoms with Crippen molar-refractivity contribution in [2.24, 2.45) is 5.92 Å². The molecule has 0 amide bonds. The van der Waals surface area contributed by atoms with Crippen LogP contribution in [0.5, 0.6) is 0 Å². The predicted molar refractivity (Wildman–Crippen MR) is 82.7 cm³/mol. The Morgan fingerprint density at radius 1 is 1.32 bits per heavy atom. The summed E-state index contributed by atoms with van der Waals surface area (Å²) in [7, 11) is -3.90. The minimum Gasteiger partial charge on any atom is -0.480 e. The lowest BCUT2D eigenvalue weighted by atomic mass is 9.85. The van der Waals surface area contributed by atoms with E-state index >= 15 is 0 Å². The van der Waals surface area contributed by atoms with Crippen molar-refractivity contribution in [1.29, 1.82) is 0 Å². The van der Waals surface area contributed by atoms with Gasteiger partial charge in [0.25, 0.3) is 10.0 Å². The number of pyridine rings is 1. The summed E-state index contributed by atoms with van der Waals surface area (Å²) in [6, 6.07) is 1.81. The van der Waals surface area contributed by atoms with Crippen LogP contribution in [-0.4, -0.2) is 40.9 Å². The Morgan fingerprint density at radius 2 is 2.05 bits per heavy atom. The molecule has 0 aromatic carbocycles. The van der Waals surface area contributed by atoms with Crippen molar-refractivity contribution in [3.8, 4) is 0 Å². The van der Waals surface area contributed by atoms with Crippen molar-refractivity contribution < 1.29 is 18.3 Å². The number of sulfonamides is 1. The van der Waals surface area contributed by atoms with Crippen LogP contribution < -0.4 is 0 Å². The minimum atomic E-state index is -3.90. The van der Waals surface area contributed by atoms with Gasteiger partial charge in [-0.15, -0.1) is 0 Å². The van der Waals surface area contributed by atoms with Crippen LogP contribution in [0.4, 0.5) is 0 Å². The Hall–Kier alpha value is -0.990. The van der Waals surface area contributed by atoms with Gasteiger partial charge in [-0.2, -0.15) is 4.31 Å². The van der Waals surface area contributed by atoms with E-state index < -0.39 is 22.0 Å². The van der Waals surface area contributed by atoms with Crippen LogP contribution in [-0.2, 0) is 14.8 Å². The lowest BCUT2D eigenvalue weighted by Crippen LogP contribution is -2.46. The number of rotatable bonds is 3.